The van der Waals surface area contributed by atoms with Crippen LogP contribution in [-0.4, -0.2) is 39.8 Å². The van der Waals surface area contributed by atoms with Crippen LogP contribution in [0.15, 0.2) is 97.3 Å². The van der Waals surface area contributed by atoms with Gasteiger partial charge in [-0.3, -0.25) is 14.7 Å². The fraction of sp³-hybridized carbons (Fsp3) is 0.333. The smallest absolute Gasteiger partial charge is 0.254 e. The quantitative estimate of drug-likeness (QED) is 0.178. The summed E-state index contributed by atoms with van der Waals surface area (Å²) in [4.78, 5) is 22.6. The molecular formula is C36H40FN3O. The van der Waals surface area contributed by atoms with Gasteiger partial charge < -0.3 is 4.90 Å². The molecule has 3 aromatic carbocycles. The van der Waals surface area contributed by atoms with E-state index >= 15 is 0 Å². The Labute approximate surface area is 243 Å². The zero-order valence-electron chi connectivity index (χ0n) is 24.0. The van der Waals surface area contributed by atoms with Gasteiger partial charge >= 0.3 is 0 Å². The van der Waals surface area contributed by atoms with Crippen molar-refractivity contribution < 1.29 is 9.18 Å². The largest absolute Gasteiger partial charge is 0.331 e. The third-order valence-corrected chi connectivity index (χ3v) is 8.18. The Hall–Kier alpha value is -3.83. The molecule has 5 rings (SSSR count). The maximum atomic E-state index is 14.3. The Bertz CT molecular complexity index is 1380. The van der Waals surface area contributed by atoms with Gasteiger partial charge in [-0.1, -0.05) is 80.4 Å². The lowest BCUT2D eigenvalue weighted by Crippen LogP contribution is -2.47. The standard InChI is InChI=1S/C36H40FN3O/c1-2-3-4-8-28-12-18-31(19-13-28)36(41)40(26-29-14-16-30(17-15-29)32-10-7-22-38-25-32)34-20-23-39(24-21-34)27-33-9-5-6-11-35(33)37/h5-7,9-19,22,25,34H,2-4,8,20-21,23-24,26-27H2,1H3. The third kappa shape index (κ3) is 7.68. The van der Waals surface area contributed by atoms with Gasteiger partial charge in [-0.05, 0) is 72.2 Å². The van der Waals surface area contributed by atoms with E-state index in [0.717, 1.165) is 60.2 Å². The number of hydrogen-bond acceptors (Lipinski definition) is 3. The van der Waals surface area contributed by atoms with Crippen molar-refractivity contribution in [1.29, 1.82) is 0 Å². The van der Waals surface area contributed by atoms with E-state index in [4.69, 9.17) is 0 Å². The van der Waals surface area contributed by atoms with E-state index < -0.39 is 0 Å². The fourth-order valence-corrected chi connectivity index (χ4v) is 5.72. The highest BCUT2D eigenvalue weighted by Crippen LogP contribution is 2.25. The average Bonchev–Trinajstić information content (AvgIpc) is 3.02. The summed E-state index contributed by atoms with van der Waals surface area (Å²) in [5.74, 6) is -0.0757. The van der Waals surface area contributed by atoms with Crippen LogP contribution in [0.1, 0.15) is 66.1 Å². The number of pyridine rings is 1. The van der Waals surface area contributed by atoms with Gasteiger partial charge in [0, 0.05) is 55.7 Å². The van der Waals surface area contributed by atoms with Gasteiger partial charge in [0.1, 0.15) is 5.82 Å². The summed E-state index contributed by atoms with van der Waals surface area (Å²) in [6.07, 6.45) is 10.0. The molecule has 0 aliphatic carbocycles. The molecule has 1 saturated heterocycles. The summed E-state index contributed by atoms with van der Waals surface area (Å²) in [5, 5.41) is 0. The average molecular weight is 550 g/mol. The van der Waals surface area contributed by atoms with Gasteiger partial charge in [-0.15, -0.1) is 0 Å². The molecule has 5 heteroatoms. The van der Waals surface area contributed by atoms with Crippen molar-refractivity contribution in [3.05, 3.63) is 125 Å². The molecule has 4 nitrogen and oxygen atoms in total. The molecular weight excluding hydrogens is 509 g/mol. The predicted octanol–water partition coefficient (Wildman–Crippen LogP) is 7.93. The Morgan fingerprint density at radius 3 is 2.29 bits per heavy atom. The van der Waals surface area contributed by atoms with Crippen LogP contribution < -0.4 is 0 Å². The molecule has 0 unspecified atom stereocenters. The number of carbonyl (C=O) groups excluding carboxylic acids is 1. The molecule has 0 N–H and O–H groups in total. The molecule has 0 saturated carbocycles. The van der Waals surface area contributed by atoms with Crippen LogP contribution in [-0.2, 0) is 19.5 Å². The highest BCUT2D eigenvalue weighted by Gasteiger charge is 2.29. The molecule has 1 aromatic heterocycles. The first-order valence-electron chi connectivity index (χ1n) is 15.0. The van der Waals surface area contributed by atoms with Crippen molar-refractivity contribution in [2.75, 3.05) is 13.1 Å². The second kappa shape index (κ2) is 14.2. The van der Waals surface area contributed by atoms with E-state index in [1.165, 1.54) is 30.9 Å². The van der Waals surface area contributed by atoms with Crippen LogP contribution in [0.25, 0.3) is 11.1 Å². The summed E-state index contributed by atoms with van der Waals surface area (Å²) in [6, 6.07) is 27.8. The molecule has 212 valence electrons. The second-order valence-corrected chi connectivity index (χ2v) is 11.1. The minimum absolute atomic E-state index is 0.0778. The van der Waals surface area contributed by atoms with E-state index in [1.54, 1.807) is 12.3 Å². The molecule has 4 aromatic rings. The van der Waals surface area contributed by atoms with Crippen molar-refractivity contribution in [1.82, 2.24) is 14.8 Å². The number of aryl methyl sites for hydroxylation is 1. The number of aromatic nitrogens is 1. The maximum absolute atomic E-state index is 14.3. The minimum Gasteiger partial charge on any atom is -0.331 e. The number of unbranched alkanes of at least 4 members (excludes halogenated alkanes) is 2. The summed E-state index contributed by atoms with van der Waals surface area (Å²) in [7, 11) is 0. The highest BCUT2D eigenvalue weighted by atomic mass is 19.1. The number of amides is 1. The lowest BCUT2D eigenvalue weighted by Gasteiger charge is -2.39. The van der Waals surface area contributed by atoms with Crippen molar-refractivity contribution >= 4 is 5.91 Å². The monoisotopic (exact) mass is 549 g/mol. The molecule has 1 aliphatic heterocycles. The second-order valence-electron chi connectivity index (χ2n) is 11.1. The van der Waals surface area contributed by atoms with Crippen molar-refractivity contribution in [2.24, 2.45) is 0 Å². The molecule has 1 amide bonds. The molecule has 2 heterocycles. The first-order chi connectivity index (χ1) is 20.1. The number of nitrogens with zero attached hydrogens (tertiary/aromatic N) is 3. The first-order valence-corrected chi connectivity index (χ1v) is 15.0. The van der Waals surface area contributed by atoms with E-state index in [1.807, 2.05) is 36.5 Å². The zero-order valence-corrected chi connectivity index (χ0v) is 24.0. The first kappa shape index (κ1) is 28.7. The summed E-state index contributed by atoms with van der Waals surface area (Å²) in [5.41, 5.74) is 6.05. The van der Waals surface area contributed by atoms with Crippen molar-refractivity contribution in [3.8, 4) is 11.1 Å². The fourth-order valence-electron chi connectivity index (χ4n) is 5.72. The van der Waals surface area contributed by atoms with Crippen LogP contribution in [0, 0.1) is 5.82 Å². The molecule has 1 aliphatic rings. The number of carbonyl (C=O) groups is 1. The third-order valence-electron chi connectivity index (χ3n) is 8.18. The van der Waals surface area contributed by atoms with E-state index in [0.29, 0.717) is 13.1 Å². The van der Waals surface area contributed by atoms with Crippen LogP contribution >= 0.6 is 0 Å². The van der Waals surface area contributed by atoms with E-state index in [-0.39, 0.29) is 17.8 Å². The lowest BCUT2D eigenvalue weighted by molar-refractivity contribution is 0.0542. The van der Waals surface area contributed by atoms with Crippen molar-refractivity contribution in [3.63, 3.8) is 0 Å². The Kier molecular flexibility index (Phi) is 9.92. The Morgan fingerprint density at radius 2 is 1.61 bits per heavy atom. The SMILES string of the molecule is CCCCCc1ccc(C(=O)N(Cc2ccc(-c3cccnc3)cc2)C2CCN(Cc3ccccc3F)CC2)cc1. The summed E-state index contributed by atoms with van der Waals surface area (Å²) in [6.45, 7) is 5.04. The minimum atomic E-state index is -0.153. The number of piperidine rings is 1. The summed E-state index contributed by atoms with van der Waals surface area (Å²) >= 11 is 0. The van der Waals surface area contributed by atoms with Crippen molar-refractivity contribution in [2.45, 2.75) is 64.6 Å². The number of hydrogen-bond donors (Lipinski definition) is 0. The van der Waals surface area contributed by atoms with Gasteiger partial charge in [0.2, 0.25) is 0 Å². The number of likely N-dealkylation sites (tertiary alicyclic amines) is 1. The predicted molar refractivity (Wildman–Crippen MR) is 164 cm³/mol. The number of halogens is 1. The molecule has 0 radical (unpaired) electrons. The van der Waals surface area contributed by atoms with Crippen LogP contribution in [0.5, 0.6) is 0 Å². The Morgan fingerprint density at radius 1 is 0.878 bits per heavy atom. The zero-order chi connectivity index (χ0) is 28.4. The van der Waals surface area contributed by atoms with Gasteiger partial charge in [0.25, 0.3) is 5.91 Å². The number of benzene rings is 3. The molecule has 41 heavy (non-hydrogen) atoms. The summed E-state index contributed by atoms with van der Waals surface area (Å²) < 4.78 is 14.3. The highest BCUT2D eigenvalue weighted by molar-refractivity contribution is 5.94. The van der Waals surface area contributed by atoms with Crippen LogP contribution in [0.2, 0.25) is 0 Å². The Balaban J connectivity index is 1.30. The topological polar surface area (TPSA) is 36.4 Å². The molecule has 0 bridgehead atoms. The number of rotatable bonds is 11. The van der Waals surface area contributed by atoms with Gasteiger partial charge in [-0.2, -0.15) is 0 Å². The molecule has 1 fully saturated rings. The normalized spacial score (nSPS) is 14.2. The lowest BCUT2D eigenvalue weighted by atomic mass is 9.99. The van der Waals surface area contributed by atoms with Gasteiger partial charge in [-0.25, -0.2) is 4.39 Å². The van der Waals surface area contributed by atoms with Gasteiger partial charge in [0.15, 0.2) is 0 Å². The van der Waals surface area contributed by atoms with Crippen LogP contribution in [0.3, 0.4) is 0 Å². The van der Waals surface area contributed by atoms with E-state index in [2.05, 4.69) is 64.2 Å². The van der Waals surface area contributed by atoms with Gasteiger partial charge in [0.05, 0.1) is 0 Å². The van der Waals surface area contributed by atoms with E-state index in [9.17, 15) is 9.18 Å². The molecule has 0 atom stereocenters. The van der Waals surface area contributed by atoms with Crippen LogP contribution in [0.4, 0.5) is 4.39 Å². The maximum Gasteiger partial charge on any atom is 0.254 e. The molecule has 0 spiro atoms.